The van der Waals surface area contributed by atoms with E-state index in [1.807, 2.05) is 76.2 Å². The molecule has 1 aliphatic heterocycles. The minimum absolute atomic E-state index is 0.0254. The van der Waals surface area contributed by atoms with Crippen LogP contribution in [0.1, 0.15) is 61.5 Å². The Morgan fingerprint density at radius 1 is 1.11 bits per heavy atom. The molecule has 2 aromatic carbocycles. The first-order valence-corrected chi connectivity index (χ1v) is 19.6. The molecule has 10 heteroatoms. The molecule has 1 heterocycles. The lowest BCUT2D eigenvalue weighted by molar-refractivity contribution is -0.128. The van der Waals surface area contributed by atoms with Gasteiger partial charge in [-0.3, -0.25) is 19.4 Å². The molecule has 0 aromatic heterocycles. The molecule has 45 heavy (non-hydrogen) atoms. The molecule has 1 aliphatic carbocycles. The van der Waals surface area contributed by atoms with Gasteiger partial charge in [0.2, 0.25) is 5.91 Å². The quantitative estimate of drug-likeness (QED) is 0.177. The molecule has 3 amide bonds. The summed E-state index contributed by atoms with van der Waals surface area (Å²) in [5.74, 6) is -0.447. The van der Waals surface area contributed by atoms with Crippen molar-refractivity contribution in [3.8, 4) is 6.07 Å². The molecule has 1 N–H and O–H groups in total. The van der Waals surface area contributed by atoms with Gasteiger partial charge in [-0.15, -0.1) is 0 Å². The monoisotopic (exact) mass is 632 g/mol. The third kappa shape index (κ3) is 8.95. The summed E-state index contributed by atoms with van der Waals surface area (Å²) < 4.78 is 11.7. The van der Waals surface area contributed by atoms with Crippen molar-refractivity contribution in [3.05, 3.63) is 65.2 Å². The van der Waals surface area contributed by atoms with Gasteiger partial charge in [-0.1, -0.05) is 50.0 Å². The number of rotatable bonds is 11. The van der Waals surface area contributed by atoms with Crippen LogP contribution in [0.2, 0.25) is 25.7 Å². The van der Waals surface area contributed by atoms with Crippen LogP contribution in [0.25, 0.3) is 0 Å². The lowest BCUT2D eigenvalue weighted by Gasteiger charge is -2.35. The van der Waals surface area contributed by atoms with Crippen LogP contribution in [0, 0.1) is 24.2 Å². The summed E-state index contributed by atoms with van der Waals surface area (Å²) >= 11 is 0. The van der Waals surface area contributed by atoms with E-state index in [9.17, 15) is 19.6 Å². The second kappa shape index (κ2) is 14.2. The SMILES string of the molecule is Cc1ccccc1C(=O)N(COCC[Si](C)(C)C)c1cccc(CC(C#N)NC(=O)[C@@H]2[C@H]3CC[C@H](C3)N2C(=O)OC(C)(C)C)c1. The summed E-state index contributed by atoms with van der Waals surface area (Å²) in [6, 6.07) is 16.6. The van der Waals surface area contributed by atoms with E-state index in [1.54, 1.807) is 9.80 Å². The standard InChI is InChI=1S/C35H48N4O5Si/c1-24-11-8-9-14-30(24)33(41)38(23-43-17-18-45(5,6)7)28-13-10-12-25(20-28)19-27(22-36)37-32(40)31-26-15-16-29(21-26)39(31)34(42)44-35(2,3)4/h8-14,20,26-27,29,31H,15-19,21,23H2,1-7H3,(H,37,40)/t26-,27?,29+,31-/m0/s1. The Bertz CT molecular complexity index is 1430. The molecule has 1 unspecified atom stereocenters. The van der Waals surface area contributed by atoms with Gasteiger partial charge in [0.05, 0.1) is 6.07 Å². The molecule has 4 atom stereocenters. The number of aryl methyl sites for hydroxylation is 1. The Morgan fingerprint density at radius 2 is 1.84 bits per heavy atom. The number of nitriles is 1. The van der Waals surface area contributed by atoms with Crippen LogP contribution in [-0.4, -0.2) is 67.9 Å². The van der Waals surface area contributed by atoms with Gasteiger partial charge in [0, 0.05) is 38.4 Å². The van der Waals surface area contributed by atoms with Crippen molar-refractivity contribution < 1.29 is 23.9 Å². The normalized spacial score (nSPS) is 20.0. The van der Waals surface area contributed by atoms with Crippen molar-refractivity contribution in [2.75, 3.05) is 18.2 Å². The Labute approximate surface area is 268 Å². The summed E-state index contributed by atoms with van der Waals surface area (Å²) in [5.41, 5.74) is 2.24. The van der Waals surface area contributed by atoms with Crippen LogP contribution in [0.15, 0.2) is 48.5 Å². The highest BCUT2D eigenvalue weighted by Crippen LogP contribution is 2.43. The number of anilines is 1. The Kier molecular flexibility index (Phi) is 10.8. The molecular weight excluding hydrogens is 584 g/mol. The molecule has 2 aromatic rings. The van der Waals surface area contributed by atoms with Crippen molar-refractivity contribution in [2.24, 2.45) is 5.92 Å². The third-order valence-corrected chi connectivity index (χ3v) is 10.1. The van der Waals surface area contributed by atoms with E-state index in [1.165, 1.54) is 0 Å². The molecule has 4 rings (SSSR count). The highest BCUT2D eigenvalue weighted by atomic mass is 28.3. The largest absolute Gasteiger partial charge is 0.444 e. The van der Waals surface area contributed by atoms with Crippen LogP contribution >= 0.6 is 0 Å². The average molecular weight is 633 g/mol. The van der Waals surface area contributed by atoms with E-state index < -0.39 is 31.9 Å². The first-order valence-electron chi connectivity index (χ1n) is 15.9. The fourth-order valence-corrected chi connectivity index (χ4v) is 6.88. The van der Waals surface area contributed by atoms with Gasteiger partial charge in [0.25, 0.3) is 5.91 Å². The van der Waals surface area contributed by atoms with Crippen molar-refractivity contribution in [3.63, 3.8) is 0 Å². The number of nitrogens with one attached hydrogen (secondary N) is 1. The molecule has 1 saturated carbocycles. The van der Waals surface area contributed by atoms with E-state index in [2.05, 4.69) is 31.0 Å². The smallest absolute Gasteiger partial charge is 0.411 e. The summed E-state index contributed by atoms with van der Waals surface area (Å²) in [5, 5.41) is 12.9. The van der Waals surface area contributed by atoms with Gasteiger partial charge in [0.1, 0.15) is 24.4 Å². The lowest BCUT2D eigenvalue weighted by Crippen LogP contribution is -2.55. The Hall–Kier alpha value is -3.68. The first-order chi connectivity index (χ1) is 21.2. The van der Waals surface area contributed by atoms with Gasteiger partial charge in [-0.2, -0.15) is 5.26 Å². The number of likely N-dealkylation sites (tertiary alicyclic amines) is 1. The second-order valence-electron chi connectivity index (χ2n) is 14.5. The van der Waals surface area contributed by atoms with Crippen molar-refractivity contribution in [1.29, 1.82) is 5.26 Å². The van der Waals surface area contributed by atoms with E-state index in [0.717, 1.165) is 36.4 Å². The number of hydrogen-bond donors (Lipinski definition) is 1. The number of carbonyl (C=O) groups excluding carboxylic acids is 3. The number of piperidine rings is 1. The van der Waals surface area contributed by atoms with Crippen molar-refractivity contribution >= 4 is 31.7 Å². The topological polar surface area (TPSA) is 112 Å². The summed E-state index contributed by atoms with van der Waals surface area (Å²) in [4.78, 5) is 43.6. The molecule has 1 saturated heterocycles. The second-order valence-corrected chi connectivity index (χ2v) is 20.1. The zero-order chi connectivity index (χ0) is 32.9. The summed E-state index contributed by atoms with van der Waals surface area (Å²) in [7, 11) is -1.31. The fourth-order valence-electron chi connectivity index (χ4n) is 6.12. The van der Waals surface area contributed by atoms with Gasteiger partial charge >= 0.3 is 6.09 Å². The van der Waals surface area contributed by atoms with Crippen LogP contribution in [-0.2, 0) is 20.7 Å². The maximum absolute atomic E-state index is 13.8. The van der Waals surface area contributed by atoms with Gasteiger partial charge in [-0.05, 0) is 88.2 Å². The number of hydrogen-bond acceptors (Lipinski definition) is 6. The lowest BCUT2D eigenvalue weighted by atomic mass is 9.97. The molecule has 0 spiro atoms. The maximum atomic E-state index is 13.8. The number of fused-ring (bicyclic) bond motifs is 2. The van der Waals surface area contributed by atoms with Crippen LogP contribution in [0.4, 0.5) is 10.5 Å². The van der Waals surface area contributed by atoms with Gasteiger partial charge in [0.15, 0.2) is 0 Å². The number of benzene rings is 2. The van der Waals surface area contributed by atoms with Crippen LogP contribution in [0.3, 0.4) is 0 Å². The number of carbonyl (C=O) groups is 3. The van der Waals surface area contributed by atoms with Crippen LogP contribution < -0.4 is 10.2 Å². The number of amides is 3. The number of ether oxygens (including phenoxy) is 2. The molecular formula is C35H48N4O5Si. The van der Waals surface area contributed by atoms with E-state index in [4.69, 9.17) is 9.47 Å². The summed E-state index contributed by atoms with van der Waals surface area (Å²) in [6.45, 7) is 14.9. The molecule has 2 bridgehead atoms. The fraction of sp³-hybridized carbons (Fsp3) is 0.543. The molecule has 2 fully saturated rings. The first kappa shape index (κ1) is 34.2. The highest BCUT2D eigenvalue weighted by Gasteiger charge is 2.52. The zero-order valence-electron chi connectivity index (χ0n) is 27.8. The Balaban J connectivity index is 1.49. The van der Waals surface area contributed by atoms with Crippen molar-refractivity contribution in [2.45, 2.75) is 103 Å². The predicted molar refractivity (Wildman–Crippen MR) is 178 cm³/mol. The highest BCUT2D eigenvalue weighted by molar-refractivity contribution is 6.76. The molecule has 0 radical (unpaired) electrons. The maximum Gasteiger partial charge on any atom is 0.411 e. The van der Waals surface area contributed by atoms with Crippen LogP contribution in [0.5, 0.6) is 0 Å². The Morgan fingerprint density at radius 3 is 2.51 bits per heavy atom. The van der Waals surface area contributed by atoms with E-state index >= 15 is 0 Å². The third-order valence-electron chi connectivity index (χ3n) is 8.43. The zero-order valence-corrected chi connectivity index (χ0v) is 28.8. The van der Waals surface area contributed by atoms with Gasteiger partial charge < -0.3 is 14.8 Å². The minimum atomic E-state index is -1.31. The molecule has 9 nitrogen and oxygen atoms in total. The van der Waals surface area contributed by atoms with Crippen molar-refractivity contribution in [1.82, 2.24) is 10.2 Å². The summed E-state index contributed by atoms with van der Waals surface area (Å²) in [6.07, 6.45) is 2.24. The van der Waals surface area contributed by atoms with Gasteiger partial charge in [-0.25, -0.2) is 4.79 Å². The molecule has 2 aliphatic rings. The molecule has 242 valence electrons. The van der Waals surface area contributed by atoms with E-state index in [0.29, 0.717) is 17.9 Å². The predicted octanol–water partition coefficient (Wildman–Crippen LogP) is 6.29. The average Bonchev–Trinajstić information content (AvgIpc) is 3.58. The number of nitrogens with zero attached hydrogens (tertiary/aromatic N) is 3. The van der Waals surface area contributed by atoms with E-state index in [-0.39, 0.29) is 36.9 Å². The minimum Gasteiger partial charge on any atom is -0.444 e.